The molecule has 0 spiro atoms. The number of alkyl halides is 3. The maximum absolute atomic E-state index is 13.1. The molecule has 1 fully saturated rings. The van der Waals surface area contributed by atoms with Gasteiger partial charge in [0.2, 0.25) is 11.8 Å². The summed E-state index contributed by atoms with van der Waals surface area (Å²) in [5.74, 6) is -0.458. The first-order valence-electron chi connectivity index (χ1n) is 11.5. The zero-order chi connectivity index (χ0) is 27.1. The number of thioether (sulfide) groups is 1. The molecular weight excluding hydrogens is 517 g/mol. The fourth-order valence-electron chi connectivity index (χ4n) is 3.59. The molecule has 1 aliphatic rings. The van der Waals surface area contributed by atoms with Gasteiger partial charge in [-0.15, -0.1) is 5.10 Å². The summed E-state index contributed by atoms with van der Waals surface area (Å²) < 4.78 is 44.3. The molecule has 1 unspecified atom stereocenters. The topological polar surface area (TPSA) is 87.3 Å². The summed E-state index contributed by atoms with van der Waals surface area (Å²) in [5.41, 5.74) is 0.951. The number of anilines is 1. The Balaban J connectivity index is 1.47. The second kappa shape index (κ2) is 12.0. The first kappa shape index (κ1) is 26.9. The number of furan rings is 1. The molecule has 196 valence electrons. The number of nitrogens with one attached hydrogen (secondary N) is 1. The molecule has 1 aliphatic heterocycles. The van der Waals surface area contributed by atoms with Gasteiger partial charge in [0.25, 0.3) is 0 Å². The van der Waals surface area contributed by atoms with E-state index in [1.54, 1.807) is 18.3 Å². The lowest BCUT2D eigenvalue weighted by Crippen LogP contribution is -2.33. The Hall–Kier alpha value is -4.12. The van der Waals surface area contributed by atoms with Crippen LogP contribution in [-0.4, -0.2) is 33.3 Å². The fourth-order valence-corrected chi connectivity index (χ4v) is 4.69. The van der Waals surface area contributed by atoms with E-state index in [1.807, 2.05) is 43.3 Å². The fraction of sp³-hybridized carbons (Fsp3) is 0.185. The summed E-state index contributed by atoms with van der Waals surface area (Å²) in [5, 5.41) is 10.2. The highest BCUT2D eigenvalue weighted by molar-refractivity contribution is 8.15. The van der Waals surface area contributed by atoms with Gasteiger partial charge in [0.05, 0.1) is 24.6 Å². The van der Waals surface area contributed by atoms with Gasteiger partial charge in [-0.2, -0.15) is 18.3 Å². The van der Waals surface area contributed by atoms with Crippen LogP contribution in [0.25, 0.3) is 6.08 Å². The number of carbonyl (C=O) groups is 2. The molecule has 2 heterocycles. The van der Waals surface area contributed by atoms with Crippen LogP contribution < -0.4 is 5.32 Å². The molecule has 4 rings (SSSR count). The molecule has 38 heavy (non-hydrogen) atoms. The van der Waals surface area contributed by atoms with Gasteiger partial charge in [-0.05, 0) is 48.4 Å². The van der Waals surface area contributed by atoms with Crippen molar-refractivity contribution >= 4 is 46.7 Å². The number of amidine groups is 1. The molecule has 0 bridgehead atoms. The third kappa shape index (κ3) is 7.22. The molecule has 0 aliphatic carbocycles. The molecule has 7 nitrogen and oxygen atoms in total. The van der Waals surface area contributed by atoms with E-state index in [4.69, 9.17) is 4.42 Å². The summed E-state index contributed by atoms with van der Waals surface area (Å²) in [6.45, 7) is 1.96. The number of benzene rings is 2. The van der Waals surface area contributed by atoms with Gasteiger partial charge in [-0.3, -0.25) is 14.5 Å². The van der Waals surface area contributed by atoms with E-state index in [9.17, 15) is 22.8 Å². The van der Waals surface area contributed by atoms with Crippen molar-refractivity contribution in [1.82, 2.24) is 4.90 Å². The Morgan fingerprint density at radius 3 is 2.63 bits per heavy atom. The van der Waals surface area contributed by atoms with E-state index in [2.05, 4.69) is 15.5 Å². The van der Waals surface area contributed by atoms with Crippen molar-refractivity contribution in [2.75, 3.05) is 5.32 Å². The van der Waals surface area contributed by atoms with E-state index >= 15 is 0 Å². The largest absolute Gasteiger partial charge is 0.467 e. The van der Waals surface area contributed by atoms with Gasteiger partial charge < -0.3 is 9.73 Å². The quantitative estimate of drug-likeness (QED) is 0.272. The van der Waals surface area contributed by atoms with Gasteiger partial charge in [-0.1, -0.05) is 54.2 Å². The van der Waals surface area contributed by atoms with Crippen molar-refractivity contribution in [3.05, 3.63) is 95.5 Å². The van der Waals surface area contributed by atoms with E-state index in [-0.39, 0.29) is 29.7 Å². The number of rotatable bonds is 8. The molecule has 3 aromatic rings. The van der Waals surface area contributed by atoms with Crippen LogP contribution in [0.2, 0.25) is 0 Å². The second-order valence-corrected chi connectivity index (χ2v) is 9.54. The Morgan fingerprint density at radius 1 is 1.13 bits per heavy atom. The molecule has 1 aromatic heterocycles. The van der Waals surface area contributed by atoms with Crippen molar-refractivity contribution in [1.29, 1.82) is 0 Å². The minimum atomic E-state index is -4.54. The lowest BCUT2D eigenvalue weighted by Gasteiger charge is -2.14. The molecular formula is C27H23F3N4O3S. The van der Waals surface area contributed by atoms with E-state index in [0.717, 1.165) is 35.0 Å². The highest BCUT2D eigenvalue weighted by Gasteiger charge is 2.40. The first-order valence-corrected chi connectivity index (χ1v) is 12.4. The van der Waals surface area contributed by atoms with Crippen LogP contribution in [0.4, 0.5) is 18.9 Å². The highest BCUT2D eigenvalue weighted by atomic mass is 32.2. The molecule has 0 saturated carbocycles. The lowest BCUT2D eigenvalue weighted by molar-refractivity contribution is -0.137. The molecule has 2 amide bonds. The van der Waals surface area contributed by atoms with Crippen molar-refractivity contribution in [2.45, 2.75) is 31.3 Å². The summed E-state index contributed by atoms with van der Waals surface area (Å²) in [7, 11) is 0. The molecule has 1 N–H and O–H groups in total. The lowest BCUT2D eigenvalue weighted by atomic mass is 10.1. The predicted molar refractivity (Wildman–Crippen MR) is 141 cm³/mol. The van der Waals surface area contributed by atoms with Crippen LogP contribution in [0.5, 0.6) is 0 Å². The summed E-state index contributed by atoms with van der Waals surface area (Å²) in [6.07, 6.45) is 0.173. The van der Waals surface area contributed by atoms with Gasteiger partial charge >= 0.3 is 6.18 Å². The van der Waals surface area contributed by atoms with E-state index in [1.165, 1.54) is 23.3 Å². The third-order valence-corrected chi connectivity index (χ3v) is 6.52. The van der Waals surface area contributed by atoms with Crippen molar-refractivity contribution in [3.8, 4) is 0 Å². The van der Waals surface area contributed by atoms with Crippen molar-refractivity contribution in [2.24, 2.45) is 10.2 Å². The number of carbonyl (C=O) groups excluding carboxylic acids is 2. The minimum Gasteiger partial charge on any atom is -0.467 e. The minimum absolute atomic E-state index is 0.00752. The summed E-state index contributed by atoms with van der Waals surface area (Å²) in [4.78, 5) is 27.1. The average molecular weight is 541 g/mol. The Bertz CT molecular complexity index is 1370. The molecule has 1 atom stereocenters. The van der Waals surface area contributed by atoms with Crippen molar-refractivity contribution < 1.29 is 27.2 Å². The van der Waals surface area contributed by atoms with Crippen LogP contribution >= 0.6 is 11.8 Å². The van der Waals surface area contributed by atoms with Crippen molar-refractivity contribution in [3.63, 3.8) is 0 Å². The Kier molecular flexibility index (Phi) is 8.47. The van der Waals surface area contributed by atoms with Gasteiger partial charge in [0.15, 0.2) is 5.17 Å². The smallest absolute Gasteiger partial charge is 0.416 e. The number of halogens is 3. The highest BCUT2D eigenvalue weighted by Crippen LogP contribution is 2.33. The number of allylic oxidation sites excluding steroid dienone is 1. The number of amides is 2. The Labute approximate surface area is 221 Å². The predicted octanol–water partition coefficient (Wildman–Crippen LogP) is 6.22. The van der Waals surface area contributed by atoms with E-state index in [0.29, 0.717) is 5.76 Å². The van der Waals surface area contributed by atoms with Crippen LogP contribution in [0, 0.1) is 0 Å². The number of hydrogen-bond donors (Lipinski definition) is 1. The maximum atomic E-state index is 13.1. The second-order valence-electron chi connectivity index (χ2n) is 8.37. The monoisotopic (exact) mass is 540 g/mol. The average Bonchev–Trinajstić information content (AvgIpc) is 3.49. The molecule has 1 saturated heterocycles. The maximum Gasteiger partial charge on any atom is 0.416 e. The van der Waals surface area contributed by atoms with Gasteiger partial charge in [-0.25, -0.2) is 0 Å². The first-order chi connectivity index (χ1) is 18.2. The molecule has 2 aromatic carbocycles. The normalized spacial score (nSPS) is 17.5. The van der Waals surface area contributed by atoms with Gasteiger partial charge in [0.1, 0.15) is 11.0 Å². The van der Waals surface area contributed by atoms with Crippen LogP contribution in [-0.2, 0) is 22.3 Å². The number of nitrogens with zero attached hydrogens (tertiary/aromatic N) is 3. The third-order valence-electron chi connectivity index (χ3n) is 5.36. The van der Waals surface area contributed by atoms with E-state index < -0.39 is 22.9 Å². The van der Waals surface area contributed by atoms with Crippen LogP contribution in [0.15, 0.2) is 93.2 Å². The van der Waals surface area contributed by atoms with Crippen LogP contribution in [0.3, 0.4) is 0 Å². The van der Waals surface area contributed by atoms with Gasteiger partial charge in [0, 0.05) is 12.1 Å². The zero-order valence-corrected chi connectivity index (χ0v) is 21.0. The van der Waals surface area contributed by atoms with Crippen LogP contribution in [0.1, 0.15) is 30.2 Å². The SMILES string of the molecule is CC(/C=N/N=C1/SC(CC(=O)Nc2cccc(C(F)(F)F)c2)C(=O)N1Cc1ccco1)=C\c1ccccc1. The Morgan fingerprint density at radius 2 is 1.92 bits per heavy atom. The number of hydrogen-bond acceptors (Lipinski definition) is 6. The summed E-state index contributed by atoms with van der Waals surface area (Å²) in [6, 6.07) is 17.4. The standard InChI is InChI=1S/C27H23F3N4O3S/c1-18(13-19-7-3-2-4-8-19)16-31-33-26-34(17-22-11-6-12-37-22)25(36)23(38-26)15-24(35)32-21-10-5-9-20(14-21)27(28,29)30/h2-14,16,23H,15,17H2,1H3,(H,32,35)/b18-13+,31-16+,33-26+. The molecule has 0 radical (unpaired) electrons. The summed E-state index contributed by atoms with van der Waals surface area (Å²) >= 11 is 1.06. The zero-order valence-electron chi connectivity index (χ0n) is 20.2. The molecule has 11 heteroatoms.